The van der Waals surface area contributed by atoms with Gasteiger partial charge in [0.25, 0.3) is 5.91 Å². The molecule has 10 heteroatoms. The fourth-order valence-corrected chi connectivity index (χ4v) is 2.23. The summed E-state index contributed by atoms with van der Waals surface area (Å²) >= 11 is 3.04. The lowest BCUT2D eigenvalue weighted by molar-refractivity contribution is -0.142. The van der Waals surface area contributed by atoms with Gasteiger partial charge in [0.1, 0.15) is 5.69 Å². The van der Waals surface area contributed by atoms with Gasteiger partial charge in [0.2, 0.25) is 0 Å². The van der Waals surface area contributed by atoms with Crippen LogP contribution >= 0.6 is 15.9 Å². The first kappa shape index (κ1) is 15.7. The van der Waals surface area contributed by atoms with Crippen molar-refractivity contribution in [2.45, 2.75) is 13.1 Å². The Balaban J connectivity index is 2.62. The minimum atomic E-state index is -4.63. The third-order valence-corrected chi connectivity index (χ3v) is 3.29. The van der Waals surface area contributed by atoms with E-state index in [2.05, 4.69) is 31.3 Å². The average Bonchev–Trinajstić information content (AvgIpc) is 2.72. The number of carbonyl (C=O) groups is 1. The lowest BCUT2D eigenvalue weighted by Gasteiger charge is -2.09. The standard InChI is InChI=1S/C11H10BrF3N4O2/c1-5-4-6(11(13,14)15)19-9(17-5)7(12)8(18-19)10(21)16-2-3-20/h4,20H,2-3H2,1H3,(H,16,21). The van der Waals surface area contributed by atoms with Crippen molar-refractivity contribution in [2.24, 2.45) is 0 Å². The highest BCUT2D eigenvalue weighted by atomic mass is 79.9. The summed E-state index contributed by atoms with van der Waals surface area (Å²) in [6.07, 6.45) is -4.63. The number of halogens is 4. The highest BCUT2D eigenvalue weighted by Crippen LogP contribution is 2.32. The Labute approximate surface area is 125 Å². The monoisotopic (exact) mass is 366 g/mol. The molecule has 0 saturated carbocycles. The van der Waals surface area contributed by atoms with E-state index < -0.39 is 17.8 Å². The van der Waals surface area contributed by atoms with E-state index in [0.717, 1.165) is 6.07 Å². The molecule has 2 N–H and O–H groups in total. The zero-order chi connectivity index (χ0) is 15.8. The van der Waals surface area contributed by atoms with Crippen LogP contribution in [0.3, 0.4) is 0 Å². The molecular weight excluding hydrogens is 357 g/mol. The van der Waals surface area contributed by atoms with Gasteiger partial charge >= 0.3 is 6.18 Å². The van der Waals surface area contributed by atoms with Crippen molar-refractivity contribution in [3.05, 3.63) is 27.6 Å². The molecule has 2 aromatic heterocycles. The van der Waals surface area contributed by atoms with Crippen LogP contribution in [0.1, 0.15) is 21.9 Å². The number of aromatic nitrogens is 3. The Morgan fingerprint density at radius 1 is 1.52 bits per heavy atom. The van der Waals surface area contributed by atoms with Crippen LogP contribution in [0.2, 0.25) is 0 Å². The molecule has 0 unspecified atom stereocenters. The van der Waals surface area contributed by atoms with Gasteiger partial charge in [-0.25, -0.2) is 9.50 Å². The average molecular weight is 367 g/mol. The van der Waals surface area contributed by atoms with E-state index in [-0.39, 0.29) is 34.7 Å². The van der Waals surface area contributed by atoms with E-state index in [9.17, 15) is 18.0 Å². The lowest BCUT2D eigenvalue weighted by atomic mass is 10.3. The summed E-state index contributed by atoms with van der Waals surface area (Å²) in [4.78, 5) is 15.8. The van der Waals surface area contributed by atoms with Crippen LogP contribution < -0.4 is 5.32 Å². The molecule has 2 aromatic rings. The number of amides is 1. The second kappa shape index (κ2) is 5.60. The predicted molar refractivity (Wildman–Crippen MR) is 69.8 cm³/mol. The Morgan fingerprint density at radius 2 is 2.19 bits per heavy atom. The van der Waals surface area contributed by atoms with Crippen LogP contribution in [0, 0.1) is 6.92 Å². The van der Waals surface area contributed by atoms with Crippen molar-refractivity contribution >= 4 is 27.5 Å². The van der Waals surface area contributed by atoms with Crippen LogP contribution in [-0.4, -0.2) is 38.8 Å². The number of hydrogen-bond donors (Lipinski definition) is 2. The van der Waals surface area contributed by atoms with Crippen LogP contribution in [-0.2, 0) is 6.18 Å². The van der Waals surface area contributed by atoms with Crippen molar-refractivity contribution in [3.63, 3.8) is 0 Å². The quantitative estimate of drug-likeness (QED) is 0.863. The van der Waals surface area contributed by atoms with Gasteiger partial charge in [-0.15, -0.1) is 0 Å². The molecular formula is C11H10BrF3N4O2. The molecule has 0 saturated heterocycles. The van der Waals surface area contributed by atoms with Gasteiger partial charge < -0.3 is 10.4 Å². The predicted octanol–water partition coefficient (Wildman–Crippen LogP) is 1.54. The van der Waals surface area contributed by atoms with Gasteiger partial charge in [0.05, 0.1) is 11.1 Å². The number of alkyl halides is 3. The van der Waals surface area contributed by atoms with Crippen LogP contribution in [0.5, 0.6) is 0 Å². The summed E-state index contributed by atoms with van der Waals surface area (Å²) in [5.74, 6) is -0.702. The molecule has 0 aliphatic heterocycles. The first-order chi connectivity index (χ1) is 9.75. The fourth-order valence-electron chi connectivity index (χ4n) is 1.71. The first-order valence-electron chi connectivity index (χ1n) is 5.78. The normalized spacial score (nSPS) is 11.9. The molecule has 0 spiro atoms. The number of nitrogens with zero attached hydrogens (tertiary/aromatic N) is 3. The number of aryl methyl sites for hydroxylation is 1. The highest BCUT2D eigenvalue weighted by Gasteiger charge is 2.36. The summed E-state index contributed by atoms with van der Waals surface area (Å²) in [7, 11) is 0. The molecule has 21 heavy (non-hydrogen) atoms. The molecule has 6 nitrogen and oxygen atoms in total. The second-order valence-electron chi connectivity index (χ2n) is 4.16. The Bertz CT molecular complexity index is 699. The van der Waals surface area contributed by atoms with Crippen LogP contribution in [0.25, 0.3) is 5.65 Å². The fraction of sp³-hybridized carbons (Fsp3) is 0.364. The van der Waals surface area contributed by atoms with E-state index in [1.54, 1.807) is 0 Å². The summed E-state index contributed by atoms with van der Waals surface area (Å²) in [5.41, 5.74) is -1.20. The summed E-state index contributed by atoms with van der Waals surface area (Å²) in [5, 5.41) is 14.6. The van der Waals surface area contributed by atoms with Crippen molar-refractivity contribution < 1.29 is 23.1 Å². The number of rotatable bonds is 3. The Kier molecular flexibility index (Phi) is 4.19. The molecule has 0 aromatic carbocycles. The second-order valence-corrected chi connectivity index (χ2v) is 4.95. The van der Waals surface area contributed by atoms with E-state index in [1.807, 2.05) is 0 Å². The Hall–Kier alpha value is -1.68. The molecule has 1 amide bonds. The number of hydrogen-bond acceptors (Lipinski definition) is 4. The molecule has 2 rings (SSSR count). The van der Waals surface area contributed by atoms with Crippen LogP contribution in [0.15, 0.2) is 10.5 Å². The van der Waals surface area contributed by atoms with Crippen molar-refractivity contribution in [2.75, 3.05) is 13.2 Å². The molecule has 2 heterocycles. The molecule has 0 aliphatic rings. The van der Waals surface area contributed by atoms with Gasteiger partial charge in [0, 0.05) is 12.2 Å². The number of carbonyl (C=O) groups excluding carboxylic acids is 1. The van der Waals surface area contributed by atoms with Gasteiger partial charge in [0.15, 0.2) is 11.3 Å². The van der Waals surface area contributed by atoms with Crippen molar-refractivity contribution in [3.8, 4) is 0 Å². The summed E-state index contributed by atoms with van der Waals surface area (Å²) < 4.78 is 39.7. The zero-order valence-corrected chi connectivity index (χ0v) is 12.3. The third kappa shape index (κ3) is 3.00. The molecule has 114 valence electrons. The maximum Gasteiger partial charge on any atom is 0.433 e. The minimum absolute atomic E-state index is 0.0300. The number of aliphatic hydroxyl groups is 1. The zero-order valence-electron chi connectivity index (χ0n) is 10.7. The lowest BCUT2D eigenvalue weighted by Crippen LogP contribution is -2.27. The molecule has 0 atom stereocenters. The van der Waals surface area contributed by atoms with Gasteiger partial charge in [-0.05, 0) is 28.9 Å². The maximum atomic E-state index is 13.0. The van der Waals surface area contributed by atoms with Gasteiger partial charge in [-0.1, -0.05) is 0 Å². The third-order valence-electron chi connectivity index (χ3n) is 2.56. The SMILES string of the molecule is Cc1cc(C(F)(F)F)n2nc(C(=O)NCCO)c(Br)c2n1. The molecule has 0 radical (unpaired) electrons. The summed E-state index contributed by atoms with van der Waals surface area (Å²) in [6, 6.07) is 0.849. The van der Waals surface area contributed by atoms with E-state index in [4.69, 9.17) is 5.11 Å². The molecule has 0 bridgehead atoms. The number of fused-ring (bicyclic) bond motifs is 1. The largest absolute Gasteiger partial charge is 0.433 e. The summed E-state index contributed by atoms with van der Waals surface area (Å²) in [6.45, 7) is 1.10. The van der Waals surface area contributed by atoms with E-state index in [1.165, 1.54) is 6.92 Å². The minimum Gasteiger partial charge on any atom is -0.395 e. The smallest absolute Gasteiger partial charge is 0.395 e. The number of aliphatic hydroxyl groups excluding tert-OH is 1. The molecule has 0 fully saturated rings. The maximum absolute atomic E-state index is 13.0. The van der Waals surface area contributed by atoms with E-state index in [0.29, 0.717) is 4.52 Å². The highest BCUT2D eigenvalue weighted by molar-refractivity contribution is 9.10. The molecule has 0 aliphatic carbocycles. The van der Waals surface area contributed by atoms with Crippen molar-refractivity contribution in [1.82, 2.24) is 19.9 Å². The van der Waals surface area contributed by atoms with Gasteiger partial charge in [-0.2, -0.15) is 18.3 Å². The van der Waals surface area contributed by atoms with Crippen molar-refractivity contribution in [1.29, 1.82) is 0 Å². The first-order valence-corrected chi connectivity index (χ1v) is 6.57. The Morgan fingerprint density at radius 3 is 2.76 bits per heavy atom. The van der Waals surface area contributed by atoms with Gasteiger partial charge in [-0.3, -0.25) is 4.79 Å². The number of nitrogens with one attached hydrogen (secondary N) is 1. The van der Waals surface area contributed by atoms with Crippen LogP contribution in [0.4, 0.5) is 13.2 Å². The topological polar surface area (TPSA) is 79.5 Å². The van der Waals surface area contributed by atoms with E-state index >= 15 is 0 Å².